The van der Waals surface area contributed by atoms with Gasteiger partial charge in [0.25, 0.3) is 0 Å². The Bertz CT molecular complexity index is 475. The summed E-state index contributed by atoms with van der Waals surface area (Å²) in [5, 5.41) is 3.63. The first kappa shape index (κ1) is 14.8. The zero-order valence-electron chi connectivity index (χ0n) is 11.8. The van der Waals surface area contributed by atoms with Crippen LogP contribution in [0.15, 0.2) is 28.6 Å². The summed E-state index contributed by atoms with van der Waals surface area (Å²) in [6.45, 7) is 7.88. The summed E-state index contributed by atoms with van der Waals surface area (Å²) in [7, 11) is 0. The highest BCUT2D eigenvalue weighted by molar-refractivity contribution is 8.01. The Labute approximate surface area is 124 Å². The minimum absolute atomic E-state index is 0.567. The molecule has 4 heteroatoms. The first-order valence-corrected chi connectivity index (χ1v) is 8.72. The number of thiazole rings is 1. The Morgan fingerprint density at radius 1 is 1.32 bits per heavy atom. The van der Waals surface area contributed by atoms with Crippen molar-refractivity contribution in [2.24, 2.45) is 5.92 Å². The minimum Gasteiger partial charge on any atom is -0.313 e. The molecule has 0 bridgehead atoms. The van der Waals surface area contributed by atoms with E-state index in [0.29, 0.717) is 12.0 Å². The van der Waals surface area contributed by atoms with Crippen LogP contribution in [0.5, 0.6) is 0 Å². The van der Waals surface area contributed by atoms with Crippen LogP contribution in [0.4, 0.5) is 0 Å². The lowest BCUT2D eigenvalue weighted by Crippen LogP contribution is -2.36. The molecule has 2 nitrogen and oxygen atoms in total. The standard InChI is InChI=1S/C15H22N2S2/c1-4-9-16-13(11(2)3)10-18-15-17-12-7-5-6-8-14(12)19-15/h5-8,11,13,16H,4,9-10H2,1-3H3. The molecule has 1 aromatic carbocycles. The fraction of sp³-hybridized carbons (Fsp3) is 0.533. The van der Waals surface area contributed by atoms with Gasteiger partial charge in [-0.2, -0.15) is 0 Å². The third-order valence-electron chi connectivity index (χ3n) is 3.12. The fourth-order valence-electron chi connectivity index (χ4n) is 1.89. The highest BCUT2D eigenvalue weighted by atomic mass is 32.2. The van der Waals surface area contributed by atoms with E-state index in [1.165, 1.54) is 15.5 Å². The third kappa shape index (κ3) is 4.20. The maximum Gasteiger partial charge on any atom is 0.151 e. The number of thioether (sulfide) groups is 1. The van der Waals surface area contributed by atoms with E-state index in [0.717, 1.165) is 17.8 Å². The molecule has 2 rings (SSSR count). The molecule has 1 N–H and O–H groups in total. The van der Waals surface area contributed by atoms with E-state index in [9.17, 15) is 0 Å². The van der Waals surface area contributed by atoms with Crippen molar-refractivity contribution in [3.8, 4) is 0 Å². The van der Waals surface area contributed by atoms with Gasteiger partial charge in [0.2, 0.25) is 0 Å². The van der Waals surface area contributed by atoms with E-state index in [4.69, 9.17) is 0 Å². The summed E-state index contributed by atoms with van der Waals surface area (Å²) in [5.74, 6) is 1.76. The molecule has 0 spiro atoms. The van der Waals surface area contributed by atoms with Crippen molar-refractivity contribution in [1.29, 1.82) is 0 Å². The number of nitrogens with zero attached hydrogens (tertiary/aromatic N) is 1. The molecule has 0 aliphatic carbocycles. The van der Waals surface area contributed by atoms with Gasteiger partial charge < -0.3 is 5.32 Å². The molecule has 0 fully saturated rings. The van der Waals surface area contributed by atoms with Crippen LogP contribution in [-0.4, -0.2) is 23.3 Å². The lowest BCUT2D eigenvalue weighted by molar-refractivity contribution is 0.434. The molecular formula is C15H22N2S2. The quantitative estimate of drug-likeness (QED) is 0.766. The first-order chi connectivity index (χ1) is 9.20. The number of benzene rings is 1. The SMILES string of the molecule is CCCNC(CSc1nc2ccccc2s1)C(C)C. The predicted molar refractivity (Wildman–Crippen MR) is 87.3 cm³/mol. The Balaban J connectivity index is 1.96. The fourth-order valence-corrected chi connectivity index (χ4v) is 4.28. The molecular weight excluding hydrogens is 272 g/mol. The van der Waals surface area contributed by atoms with Crippen LogP contribution in [0.25, 0.3) is 10.2 Å². The van der Waals surface area contributed by atoms with Gasteiger partial charge in [-0.3, -0.25) is 0 Å². The van der Waals surface area contributed by atoms with Crippen molar-refractivity contribution < 1.29 is 0 Å². The van der Waals surface area contributed by atoms with Crippen LogP contribution in [0, 0.1) is 5.92 Å². The third-order valence-corrected chi connectivity index (χ3v) is 5.42. The number of aromatic nitrogens is 1. The molecule has 19 heavy (non-hydrogen) atoms. The summed E-state index contributed by atoms with van der Waals surface area (Å²) >= 11 is 3.68. The number of rotatable bonds is 7. The van der Waals surface area contributed by atoms with Crippen LogP contribution >= 0.6 is 23.1 Å². The van der Waals surface area contributed by atoms with E-state index in [1.807, 2.05) is 11.8 Å². The molecule has 104 valence electrons. The van der Waals surface area contributed by atoms with Gasteiger partial charge in [-0.05, 0) is 31.0 Å². The largest absolute Gasteiger partial charge is 0.313 e. The van der Waals surface area contributed by atoms with E-state index in [-0.39, 0.29) is 0 Å². The molecule has 0 radical (unpaired) electrons. The molecule has 1 unspecified atom stereocenters. The lowest BCUT2D eigenvalue weighted by Gasteiger charge is -2.21. The van der Waals surface area contributed by atoms with Crippen LogP contribution in [0.3, 0.4) is 0 Å². The van der Waals surface area contributed by atoms with Crippen molar-refractivity contribution in [3.63, 3.8) is 0 Å². The molecule has 1 heterocycles. The van der Waals surface area contributed by atoms with Crippen LogP contribution < -0.4 is 5.32 Å². The molecule has 1 aromatic heterocycles. The van der Waals surface area contributed by atoms with Crippen molar-refractivity contribution >= 4 is 33.3 Å². The zero-order valence-corrected chi connectivity index (χ0v) is 13.5. The summed E-state index contributed by atoms with van der Waals surface area (Å²) in [4.78, 5) is 4.68. The topological polar surface area (TPSA) is 24.9 Å². The number of hydrogen-bond acceptors (Lipinski definition) is 4. The summed E-state index contributed by atoms with van der Waals surface area (Å²) in [6, 6.07) is 8.93. The second kappa shape index (κ2) is 7.27. The van der Waals surface area contributed by atoms with E-state index in [2.05, 4.69) is 55.3 Å². The van der Waals surface area contributed by atoms with Gasteiger partial charge in [0.15, 0.2) is 4.34 Å². The number of nitrogens with one attached hydrogen (secondary N) is 1. The first-order valence-electron chi connectivity index (χ1n) is 6.92. The van der Waals surface area contributed by atoms with Gasteiger partial charge in [0.1, 0.15) is 0 Å². The van der Waals surface area contributed by atoms with Gasteiger partial charge in [-0.1, -0.05) is 44.7 Å². The summed E-state index contributed by atoms with van der Waals surface area (Å²) < 4.78 is 2.47. The maximum atomic E-state index is 4.68. The Kier molecular flexibility index (Phi) is 5.67. The zero-order chi connectivity index (χ0) is 13.7. The second-order valence-corrected chi connectivity index (χ2v) is 7.36. The molecule has 0 saturated carbocycles. The van der Waals surface area contributed by atoms with E-state index >= 15 is 0 Å². The highest BCUT2D eigenvalue weighted by Crippen LogP contribution is 2.30. The number of para-hydroxylation sites is 1. The number of hydrogen-bond donors (Lipinski definition) is 1. The highest BCUT2D eigenvalue weighted by Gasteiger charge is 2.14. The molecule has 0 aliphatic heterocycles. The van der Waals surface area contributed by atoms with Crippen molar-refractivity contribution in [1.82, 2.24) is 10.3 Å². The van der Waals surface area contributed by atoms with Crippen LogP contribution in [0.1, 0.15) is 27.2 Å². The van der Waals surface area contributed by atoms with Crippen LogP contribution in [-0.2, 0) is 0 Å². The smallest absolute Gasteiger partial charge is 0.151 e. The average Bonchev–Trinajstić information content (AvgIpc) is 2.81. The van der Waals surface area contributed by atoms with Crippen molar-refractivity contribution in [3.05, 3.63) is 24.3 Å². The Hall–Kier alpha value is -0.580. The van der Waals surface area contributed by atoms with Gasteiger partial charge in [-0.25, -0.2) is 4.98 Å². The molecule has 1 atom stereocenters. The lowest BCUT2D eigenvalue weighted by atomic mass is 10.1. The van der Waals surface area contributed by atoms with Crippen molar-refractivity contribution in [2.45, 2.75) is 37.6 Å². The van der Waals surface area contributed by atoms with Gasteiger partial charge in [-0.15, -0.1) is 11.3 Å². The minimum atomic E-state index is 0.567. The maximum absolute atomic E-state index is 4.68. The Morgan fingerprint density at radius 3 is 2.79 bits per heavy atom. The van der Waals surface area contributed by atoms with Gasteiger partial charge in [0.05, 0.1) is 10.2 Å². The Morgan fingerprint density at radius 2 is 2.11 bits per heavy atom. The van der Waals surface area contributed by atoms with E-state index < -0.39 is 0 Å². The second-order valence-electron chi connectivity index (χ2n) is 5.06. The van der Waals surface area contributed by atoms with Crippen molar-refractivity contribution in [2.75, 3.05) is 12.3 Å². The molecule has 0 aliphatic rings. The monoisotopic (exact) mass is 294 g/mol. The van der Waals surface area contributed by atoms with E-state index in [1.54, 1.807) is 11.3 Å². The van der Waals surface area contributed by atoms with Gasteiger partial charge >= 0.3 is 0 Å². The normalized spacial score (nSPS) is 13.3. The summed E-state index contributed by atoms with van der Waals surface area (Å²) in [6.07, 6.45) is 1.19. The molecule has 0 amide bonds. The average molecular weight is 294 g/mol. The molecule has 2 aromatic rings. The van der Waals surface area contributed by atoms with Gasteiger partial charge in [0, 0.05) is 11.8 Å². The molecule has 0 saturated heterocycles. The van der Waals surface area contributed by atoms with Crippen LogP contribution in [0.2, 0.25) is 0 Å². The number of fused-ring (bicyclic) bond motifs is 1. The predicted octanol–water partition coefficient (Wildman–Crippen LogP) is 4.41. The summed E-state index contributed by atoms with van der Waals surface area (Å²) in [5.41, 5.74) is 1.12.